The van der Waals surface area contributed by atoms with Crippen molar-refractivity contribution < 1.29 is 22.4 Å². The summed E-state index contributed by atoms with van der Waals surface area (Å²) >= 11 is 12.0. The second-order valence-electron chi connectivity index (χ2n) is 8.38. The average Bonchev–Trinajstić information content (AvgIpc) is 2.75. The van der Waals surface area contributed by atoms with E-state index in [-0.39, 0.29) is 31.9 Å². The van der Waals surface area contributed by atoms with Crippen molar-refractivity contribution in [3.05, 3.63) is 40.4 Å². The van der Waals surface area contributed by atoms with Gasteiger partial charge >= 0.3 is 6.18 Å². The lowest BCUT2D eigenvalue weighted by Gasteiger charge is -2.47. The van der Waals surface area contributed by atoms with Crippen LogP contribution in [-0.4, -0.2) is 58.7 Å². The Hall–Kier alpha value is -2.53. The molecule has 3 heterocycles. The van der Waals surface area contributed by atoms with Gasteiger partial charge in [0.1, 0.15) is 12.4 Å². The van der Waals surface area contributed by atoms with E-state index in [1.165, 1.54) is 15.9 Å². The zero-order valence-electron chi connectivity index (χ0n) is 17.8. The van der Waals surface area contributed by atoms with Crippen molar-refractivity contribution in [2.75, 3.05) is 35.6 Å². The highest BCUT2D eigenvalue weighted by Gasteiger charge is 2.51. The second kappa shape index (κ2) is 9.61. The van der Waals surface area contributed by atoms with Crippen molar-refractivity contribution in [3.8, 4) is 0 Å². The van der Waals surface area contributed by atoms with Gasteiger partial charge in [-0.1, -0.05) is 23.2 Å². The molecule has 34 heavy (non-hydrogen) atoms. The summed E-state index contributed by atoms with van der Waals surface area (Å²) in [7, 11) is 0. The van der Waals surface area contributed by atoms with Gasteiger partial charge in [-0.15, -0.1) is 0 Å². The number of carbonyl (C=O) groups excluding carboxylic acids is 1. The Morgan fingerprint density at radius 2 is 1.79 bits per heavy atom. The maximum atomic E-state index is 14.5. The smallest absolute Gasteiger partial charge is 0.381 e. The minimum atomic E-state index is -4.53. The third-order valence-corrected chi connectivity index (χ3v) is 6.61. The minimum absolute atomic E-state index is 0.0846. The molecule has 13 heteroatoms. The molecule has 4 rings (SSSR count). The molecule has 1 aromatic carbocycles. The quantitative estimate of drug-likeness (QED) is 0.582. The average molecular weight is 521 g/mol. The summed E-state index contributed by atoms with van der Waals surface area (Å²) in [5.41, 5.74) is 6.01. The Balaban J connectivity index is 1.59. The first-order valence-corrected chi connectivity index (χ1v) is 11.4. The normalized spacial score (nSPS) is 23.8. The third kappa shape index (κ3) is 5.10. The van der Waals surface area contributed by atoms with Gasteiger partial charge in [-0.3, -0.25) is 4.79 Å². The predicted molar refractivity (Wildman–Crippen MR) is 121 cm³/mol. The first-order chi connectivity index (χ1) is 16.0. The summed E-state index contributed by atoms with van der Waals surface area (Å²) in [5, 5.41) is 3.77. The molecule has 3 atom stereocenters. The van der Waals surface area contributed by atoms with Crippen LogP contribution in [0.3, 0.4) is 0 Å². The van der Waals surface area contributed by atoms with Crippen molar-refractivity contribution in [2.24, 2.45) is 5.92 Å². The molecule has 2 unspecified atom stereocenters. The van der Waals surface area contributed by atoms with E-state index in [1.54, 1.807) is 12.1 Å². The van der Waals surface area contributed by atoms with Gasteiger partial charge in [0.25, 0.3) is 0 Å². The van der Waals surface area contributed by atoms with Crippen LogP contribution in [0.25, 0.3) is 0 Å². The number of halogens is 6. The molecule has 184 valence electrons. The van der Waals surface area contributed by atoms with Gasteiger partial charge in [-0.25, -0.2) is 9.97 Å². The highest BCUT2D eigenvalue weighted by Crippen LogP contribution is 2.39. The van der Waals surface area contributed by atoms with Crippen LogP contribution in [0.15, 0.2) is 24.5 Å². The lowest BCUT2D eigenvalue weighted by atomic mass is 9.87. The van der Waals surface area contributed by atoms with E-state index in [0.717, 1.165) is 6.33 Å². The molecule has 2 aliphatic rings. The first-order valence-electron chi connectivity index (χ1n) is 10.7. The molecule has 0 bridgehead atoms. The molecule has 1 aromatic heterocycles. The second-order valence-corrected chi connectivity index (χ2v) is 9.25. The SMILES string of the molecule is Nc1ncnc(N2CCC(C(F)(F)F)C(N3CCC[C@@H](Nc4cc(Cl)cc(Cl)c4)C3=O)C2)c1F. The fraction of sp³-hybridized carbons (Fsp3) is 0.476. The molecule has 0 radical (unpaired) electrons. The number of nitrogens with two attached hydrogens (primary N) is 1. The molecule has 2 aliphatic heterocycles. The van der Waals surface area contributed by atoms with E-state index < -0.39 is 41.7 Å². The number of hydrogen-bond donors (Lipinski definition) is 2. The lowest BCUT2D eigenvalue weighted by Crippen LogP contribution is -2.62. The minimum Gasteiger partial charge on any atom is -0.381 e. The number of aromatic nitrogens is 2. The van der Waals surface area contributed by atoms with Crippen LogP contribution in [0.1, 0.15) is 19.3 Å². The number of rotatable bonds is 4. The molecule has 2 aromatic rings. The highest BCUT2D eigenvalue weighted by atomic mass is 35.5. The number of benzene rings is 1. The number of alkyl halides is 3. The number of carbonyl (C=O) groups is 1. The highest BCUT2D eigenvalue weighted by molar-refractivity contribution is 6.35. The van der Waals surface area contributed by atoms with Gasteiger partial charge in [-0.2, -0.15) is 17.6 Å². The van der Waals surface area contributed by atoms with Crippen LogP contribution in [-0.2, 0) is 4.79 Å². The molecule has 2 fully saturated rings. The Bertz CT molecular complexity index is 1050. The summed E-state index contributed by atoms with van der Waals surface area (Å²) in [6.07, 6.45) is -2.86. The summed E-state index contributed by atoms with van der Waals surface area (Å²) in [4.78, 5) is 23.4. The molecule has 1 amide bonds. The van der Waals surface area contributed by atoms with Crippen LogP contribution >= 0.6 is 23.2 Å². The monoisotopic (exact) mass is 520 g/mol. The fourth-order valence-electron chi connectivity index (χ4n) is 4.62. The number of amides is 1. The number of anilines is 3. The number of nitrogens with zero attached hydrogens (tertiary/aromatic N) is 4. The number of nitrogens with one attached hydrogen (secondary N) is 1. The summed E-state index contributed by atoms with van der Waals surface area (Å²) < 4.78 is 56.4. The van der Waals surface area contributed by atoms with Crippen LogP contribution in [0.5, 0.6) is 0 Å². The Morgan fingerprint density at radius 1 is 1.09 bits per heavy atom. The maximum absolute atomic E-state index is 14.5. The number of piperidine rings is 2. The fourth-order valence-corrected chi connectivity index (χ4v) is 5.14. The molecule has 0 aliphatic carbocycles. The number of nitrogen functional groups attached to an aromatic ring is 1. The van der Waals surface area contributed by atoms with Crippen LogP contribution in [0.2, 0.25) is 10.0 Å². The topological polar surface area (TPSA) is 87.4 Å². The van der Waals surface area contributed by atoms with Gasteiger partial charge in [0.2, 0.25) is 11.7 Å². The molecular weight excluding hydrogens is 499 g/mol. The van der Waals surface area contributed by atoms with Crippen LogP contribution in [0, 0.1) is 11.7 Å². The van der Waals surface area contributed by atoms with Gasteiger partial charge in [-0.05, 0) is 37.5 Å². The van der Waals surface area contributed by atoms with Gasteiger partial charge in [0.15, 0.2) is 11.6 Å². The Morgan fingerprint density at radius 3 is 2.47 bits per heavy atom. The van der Waals surface area contributed by atoms with E-state index in [0.29, 0.717) is 28.6 Å². The van der Waals surface area contributed by atoms with Crippen molar-refractivity contribution in [2.45, 2.75) is 37.5 Å². The lowest BCUT2D eigenvalue weighted by molar-refractivity contribution is -0.197. The van der Waals surface area contributed by atoms with Crippen LogP contribution in [0.4, 0.5) is 34.9 Å². The van der Waals surface area contributed by atoms with Crippen molar-refractivity contribution >= 4 is 46.4 Å². The van der Waals surface area contributed by atoms with Crippen LogP contribution < -0.4 is 16.0 Å². The summed E-state index contributed by atoms with van der Waals surface area (Å²) in [6, 6.07) is 2.74. The predicted octanol–water partition coefficient (Wildman–Crippen LogP) is 4.37. The molecular formula is C21H22Cl2F4N6O. The molecule has 0 saturated carbocycles. The standard InChI is InChI=1S/C21H22Cl2F4N6O/c22-11-6-12(23)8-13(7-11)31-15-2-1-4-33(20(15)34)16-9-32(5-3-14(16)21(25,26)27)19-17(24)18(28)29-10-30-19/h6-8,10,14-16,31H,1-5,9H2,(H2,28,29,30)/t14?,15-,16?/m1/s1. The molecule has 0 spiro atoms. The first kappa shape index (κ1) is 24.6. The maximum Gasteiger partial charge on any atom is 0.393 e. The Kier molecular flexibility index (Phi) is 6.95. The summed E-state index contributed by atoms with van der Waals surface area (Å²) in [6.45, 7) is -0.162. The largest absolute Gasteiger partial charge is 0.393 e. The zero-order chi connectivity index (χ0) is 24.6. The number of hydrogen-bond acceptors (Lipinski definition) is 6. The van der Waals surface area contributed by atoms with Crippen molar-refractivity contribution in [3.63, 3.8) is 0 Å². The zero-order valence-corrected chi connectivity index (χ0v) is 19.3. The van der Waals surface area contributed by atoms with Gasteiger partial charge < -0.3 is 20.9 Å². The van der Waals surface area contributed by atoms with E-state index in [1.807, 2.05) is 0 Å². The number of likely N-dealkylation sites (tertiary alicyclic amines) is 1. The van der Waals surface area contributed by atoms with E-state index in [2.05, 4.69) is 15.3 Å². The van der Waals surface area contributed by atoms with Crippen molar-refractivity contribution in [1.82, 2.24) is 14.9 Å². The van der Waals surface area contributed by atoms with E-state index in [4.69, 9.17) is 28.9 Å². The molecule has 7 nitrogen and oxygen atoms in total. The Labute approximate surface area is 203 Å². The van der Waals surface area contributed by atoms with Crippen molar-refractivity contribution in [1.29, 1.82) is 0 Å². The molecule has 2 saturated heterocycles. The third-order valence-electron chi connectivity index (χ3n) is 6.18. The molecule has 3 N–H and O–H groups in total. The van der Waals surface area contributed by atoms with E-state index in [9.17, 15) is 22.4 Å². The summed E-state index contributed by atoms with van der Waals surface area (Å²) in [5.74, 6) is -3.68. The van der Waals surface area contributed by atoms with E-state index >= 15 is 0 Å². The van der Waals surface area contributed by atoms with Gasteiger partial charge in [0.05, 0.1) is 12.0 Å². The van der Waals surface area contributed by atoms with Gasteiger partial charge in [0, 0.05) is 35.4 Å².